The van der Waals surface area contributed by atoms with Crippen LogP contribution in [0.5, 0.6) is 0 Å². The van der Waals surface area contributed by atoms with Crippen molar-refractivity contribution in [3.05, 3.63) is 85.1 Å². The third kappa shape index (κ3) is 38.9. The Morgan fingerprint density at radius 2 is 1.09 bits per heavy atom. The molecule has 10 heteroatoms. The lowest BCUT2D eigenvalue weighted by Gasteiger charge is -2.28. The zero-order valence-corrected chi connectivity index (χ0v) is 35.3. The number of quaternary nitrogens is 1. The van der Waals surface area contributed by atoms with E-state index in [9.17, 15) is 19.0 Å². The van der Waals surface area contributed by atoms with Crippen molar-refractivity contribution in [1.82, 2.24) is 0 Å². The van der Waals surface area contributed by atoms with Crippen LogP contribution in [0, 0.1) is 0 Å². The Morgan fingerprint density at radius 1 is 0.593 bits per heavy atom. The van der Waals surface area contributed by atoms with Crippen LogP contribution in [0.4, 0.5) is 0 Å². The number of esters is 2. The second-order valence-corrected chi connectivity index (χ2v) is 15.7. The fourth-order valence-corrected chi connectivity index (χ4v) is 5.45. The lowest BCUT2D eigenvalue weighted by atomic mass is 10.1. The molecule has 0 N–H and O–H groups in total. The summed E-state index contributed by atoms with van der Waals surface area (Å²) < 4.78 is 33.7. The molecule has 0 aromatic heterocycles. The molecular weight excluding hydrogens is 701 g/mol. The van der Waals surface area contributed by atoms with Gasteiger partial charge in [-0.25, -0.2) is 0 Å². The van der Waals surface area contributed by atoms with Gasteiger partial charge in [0.2, 0.25) is 0 Å². The summed E-state index contributed by atoms with van der Waals surface area (Å²) in [5.41, 5.74) is 0. The average molecular weight is 776 g/mol. The SMILES string of the molecule is CC/C=C/C/C=C/C/C=C/C/C=C/C/C=C/C/C=C/CCC(=O)O[C@H](COC(=O)CCCCCCC/C=C/CCCC)COP(=O)([O-])OCC[N+](C)(C)C. The maximum atomic E-state index is 12.6. The molecule has 0 bridgehead atoms. The monoisotopic (exact) mass is 776 g/mol. The highest BCUT2D eigenvalue weighted by Gasteiger charge is 2.21. The fraction of sp³-hybridized carbons (Fsp3) is 0.636. The number of carbonyl (C=O) groups excluding carboxylic acids is 2. The lowest BCUT2D eigenvalue weighted by molar-refractivity contribution is -0.870. The molecule has 0 fully saturated rings. The number of rotatable bonds is 35. The Kier molecular flexibility index (Phi) is 34.0. The predicted octanol–water partition coefficient (Wildman–Crippen LogP) is 10.6. The van der Waals surface area contributed by atoms with E-state index in [2.05, 4.69) is 86.8 Å². The molecule has 9 nitrogen and oxygen atoms in total. The smallest absolute Gasteiger partial charge is 0.306 e. The van der Waals surface area contributed by atoms with Crippen LogP contribution in [0.3, 0.4) is 0 Å². The Hall–Kier alpha value is -2.81. The number of allylic oxidation sites excluding steroid dienone is 14. The van der Waals surface area contributed by atoms with Gasteiger partial charge in [0, 0.05) is 12.8 Å². The molecule has 0 heterocycles. The molecule has 54 heavy (non-hydrogen) atoms. The highest BCUT2D eigenvalue weighted by molar-refractivity contribution is 7.45. The van der Waals surface area contributed by atoms with Crippen LogP contribution in [0.1, 0.15) is 129 Å². The number of hydrogen-bond acceptors (Lipinski definition) is 8. The second-order valence-electron chi connectivity index (χ2n) is 14.3. The van der Waals surface area contributed by atoms with Gasteiger partial charge in [-0.2, -0.15) is 0 Å². The summed E-state index contributed by atoms with van der Waals surface area (Å²) in [6.45, 7) is 3.94. The Labute approximate surface area is 329 Å². The Morgan fingerprint density at radius 3 is 1.65 bits per heavy atom. The van der Waals surface area contributed by atoms with Crippen LogP contribution in [-0.4, -0.2) is 70.0 Å². The topological polar surface area (TPSA) is 111 Å². The van der Waals surface area contributed by atoms with Gasteiger partial charge < -0.3 is 27.9 Å². The summed E-state index contributed by atoms with van der Waals surface area (Å²) in [5.74, 6) is -0.955. The molecule has 308 valence electrons. The molecule has 0 aliphatic rings. The van der Waals surface area contributed by atoms with E-state index in [1.165, 1.54) is 12.8 Å². The van der Waals surface area contributed by atoms with Crippen molar-refractivity contribution in [3.63, 3.8) is 0 Å². The van der Waals surface area contributed by atoms with E-state index in [1.54, 1.807) is 0 Å². The Bertz CT molecular complexity index is 1200. The molecule has 0 aliphatic heterocycles. The summed E-state index contributed by atoms with van der Waals surface area (Å²) in [7, 11) is 1.10. The summed E-state index contributed by atoms with van der Waals surface area (Å²) in [5, 5.41) is 0. The van der Waals surface area contributed by atoms with Crippen molar-refractivity contribution in [1.29, 1.82) is 0 Å². The minimum absolute atomic E-state index is 0.0503. The highest BCUT2D eigenvalue weighted by atomic mass is 31.2. The van der Waals surface area contributed by atoms with Crippen LogP contribution in [0.15, 0.2) is 85.1 Å². The fourth-order valence-electron chi connectivity index (χ4n) is 4.72. The number of hydrogen-bond donors (Lipinski definition) is 0. The molecular formula is C44H74NO8P. The van der Waals surface area contributed by atoms with E-state index in [1.807, 2.05) is 33.3 Å². The van der Waals surface area contributed by atoms with Gasteiger partial charge in [0.25, 0.3) is 7.82 Å². The number of unbranched alkanes of at least 4 members (excludes halogenated alkanes) is 7. The first-order chi connectivity index (χ1) is 26.0. The van der Waals surface area contributed by atoms with E-state index < -0.39 is 32.5 Å². The van der Waals surface area contributed by atoms with Crippen molar-refractivity contribution in [2.45, 2.75) is 136 Å². The number of phosphoric acid groups is 1. The van der Waals surface area contributed by atoms with Gasteiger partial charge in [-0.05, 0) is 70.6 Å². The van der Waals surface area contributed by atoms with Gasteiger partial charge in [-0.1, -0.05) is 131 Å². The van der Waals surface area contributed by atoms with E-state index in [0.29, 0.717) is 23.9 Å². The van der Waals surface area contributed by atoms with Crippen LogP contribution in [-0.2, 0) is 32.7 Å². The molecule has 0 saturated carbocycles. The van der Waals surface area contributed by atoms with Crippen LogP contribution >= 0.6 is 7.82 Å². The normalized spacial score (nSPS) is 14.6. The summed E-state index contributed by atoms with van der Waals surface area (Å²) in [4.78, 5) is 37.3. The molecule has 1 unspecified atom stereocenters. The minimum atomic E-state index is -4.65. The number of carbonyl (C=O) groups is 2. The van der Waals surface area contributed by atoms with Crippen molar-refractivity contribution in [2.75, 3.05) is 47.5 Å². The van der Waals surface area contributed by atoms with Crippen molar-refractivity contribution in [3.8, 4) is 0 Å². The first-order valence-corrected chi connectivity index (χ1v) is 21.8. The van der Waals surface area contributed by atoms with Gasteiger partial charge in [0.1, 0.15) is 19.8 Å². The number of phosphoric ester groups is 1. The zero-order valence-electron chi connectivity index (χ0n) is 34.4. The second kappa shape index (κ2) is 35.9. The molecule has 2 atom stereocenters. The molecule has 0 aliphatic carbocycles. The zero-order chi connectivity index (χ0) is 40.0. The Balaban J connectivity index is 4.56. The summed E-state index contributed by atoms with van der Waals surface area (Å²) in [6, 6.07) is 0. The van der Waals surface area contributed by atoms with Gasteiger partial charge in [0.05, 0.1) is 27.7 Å². The van der Waals surface area contributed by atoms with Crippen molar-refractivity contribution < 1.29 is 42.1 Å². The maximum absolute atomic E-state index is 12.6. The highest BCUT2D eigenvalue weighted by Crippen LogP contribution is 2.38. The van der Waals surface area contributed by atoms with E-state index in [-0.39, 0.29) is 26.1 Å². The third-order valence-electron chi connectivity index (χ3n) is 7.91. The number of likely N-dealkylation sites (N-methyl/N-ethyl adjacent to an activating group) is 1. The van der Waals surface area contributed by atoms with Crippen LogP contribution in [0.25, 0.3) is 0 Å². The largest absolute Gasteiger partial charge is 0.756 e. The van der Waals surface area contributed by atoms with Crippen molar-refractivity contribution >= 4 is 19.8 Å². The molecule has 0 saturated heterocycles. The van der Waals surface area contributed by atoms with Crippen LogP contribution in [0.2, 0.25) is 0 Å². The van der Waals surface area contributed by atoms with Gasteiger partial charge in [0.15, 0.2) is 6.10 Å². The van der Waals surface area contributed by atoms with Gasteiger partial charge >= 0.3 is 11.9 Å². The third-order valence-corrected chi connectivity index (χ3v) is 8.88. The average Bonchev–Trinajstić information content (AvgIpc) is 3.12. The molecule has 0 aromatic rings. The standard InChI is InChI=1S/C44H74NO8P/c1-6-8-10-12-14-16-18-19-20-21-22-23-24-25-27-29-31-33-35-37-44(47)53-42(41-52-54(48,49)51-39-38-45(3,4)5)40-50-43(46)36-34-32-30-28-26-17-15-13-11-9-7-2/h8,10,13-16,19-20,22-23,25,27,31,33,42H,6-7,9,11-12,17-18,21,24,26,28-30,32,34-41H2,1-5H3/b10-8+,15-13+,16-14+,20-19+,23-22+,27-25+,33-31+/t42-/m1/s1. The van der Waals surface area contributed by atoms with Gasteiger partial charge in [-0.3, -0.25) is 14.2 Å². The van der Waals surface area contributed by atoms with Crippen LogP contribution < -0.4 is 4.89 Å². The molecule has 0 radical (unpaired) electrons. The van der Waals surface area contributed by atoms with Crippen molar-refractivity contribution in [2.24, 2.45) is 0 Å². The van der Waals surface area contributed by atoms with Gasteiger partial charge in [-0.15, -0.1) is 0 Å². The molecule has 0 amide bonds. The molecule has 0 spiro atoms. The maximum Gasteiger partial charge on any atom is 0.306 e. The quantitative estimate of drug-likeness (QED) is 0.0206. The molecule has 0 aromatic carbocycles. The first-order valence-electron chi connectivity index (χ1n) is 20.3. The first kappa shape index (κ1) is 51.2. The predicted molar refractivity (Wildman–Crippen MR) is 222 cm³/mol. The lowest BCUT2D eigenvalue weighted by Crippen LogP contribution is -2.37. The number of nitrogens with zero attached hydrogens (tertiary/aromatic N) is 1. The van der Waals surface area contributed by atoms with E-state index in [4.69, 9.17) is 18.5 Å². The number of ether oxygens (including phenoxy) is 2. The van der Waals surface area contributed by atoms with E-state index in [0.717, 1.165) is 77.0 Å². The van der Waals surface area contributed by atoms with E-state index >= 15 is 0 Å². The molecule has 0 rings (SSSR count). The summed E-state index contributed by atoms with van der Waals surface area (Å²) >= 11 is 0. The minimum Gasteiger partial charge on any atom is -0.756 e. The summed E-state index contributed by atoms with van der Waals surface area (Å²) in [6.07, 6.45) is 44.9.